The highest BCUT2D eigenvalue weighted by Gasteiger charge is 2.23. The number of aromatic nitrogens is 2. The summed E-state index contributed by atoms with van der Waals surface area (Å²) in [6, 6.07) is 0.468. The molecular weight excluding hydrogens is 280 g/mol. The number of imidazole rings is 1. The number of hydrogen-bond acceptors (Lipinski definition) is 4. The molecule has 6 heteroatoms. The molecule has 1 fully saturated rings. The monoisotopic (exact) mass is 300 g/mol. The van der Waals surface area contributed by atoms with E-state index in [1.165, 1.54) is 36.1 Å². The van der Waals surface area contributed by atoms with Crippen molar-refractivity contribution in [3.05, 3.63) is 11.9 Å². The van der Waals surface area contributed by atoms with Crippen LogP contribution in [0.25, 0.3) is 0 Å². The minimum Gasteiger partial charge on any atom is -0.481 e. The first kappa shape index (κ1) is 14.8. The zero-order chi connectivity index (χ0) is 13.8. The Kier molecular flexibility index (Phi) is 5.21. The van der Waals surface area contributed by atoms with Crippen LogP contribution in [0.4, 0.5) is 0 Å². The van der Waals surface area contributed by atoms with Crippen molar-refractivity contribution in [2.24, 2.45) is 0 Å². The van der Waals surface area contributed by atoms with Crippen LogP contribution in [0.2, 0.25) is 0 Å². The van der Waals surface area contributed by atoms with Crippen molar-refractivity contribution in [1.82, 2.24) is 9.55 Å². The maximum absolute atomic E-state index is 10.7. The normalized spacial score (nSPS) is 19.8. The Morgan fingerprint density at radius 1 is 1.68 bits per heavy atom. The largest absolute Gasteiger partial charge is 0.481 e. The Morgan fingerprint density at radius 3 is 3.05 bits per heavy atom. The molecule has 0 bridgehead atoms. The molecule has 1 saturated heterocycles. The molecule has 0 spiro atoms. The van der Waals surface area contributed by atoms with E-state index in [-0.39, 0.29) is 5.75 Å². The van der Waals surface area contributed by atoms with E-state index in [4.69, 9.17) is 5.11 Å². The van der Waals surface area contributed by atoms with Crippen LogP contribution in [-0.4, -0.2) is 37.9 Å². The van der Waals surface area contributed by atoms with Crippen LogP contribution in [0.1, 0.15) is 44.3 Å². The number of thioether (sulfide) groups is 2. The van der Waals surface area contributed by atoms with Gasteiger partial charge in [0.05, 0.1) is 5.75 Å². The Hall–Kier alpha value is -0.620. The molecule has 1 N–H and O–H groups in total. The lowest BCUT2D eigenvalue weighted by atomic mass is 10.1. The third kappa shape index (κ3) is 3.69. The van der Waals surface area contributed by atoms with E-state index in [0.717, 1.165) is 10.9 Å². The first-order chi connectivity index (χ1) is 9.09. The van der Waals surface area contributed by atoms with Crippen molar-refractivity contribution in [3.63, 3.8) is 0 Å². The molecular formula is C13H20N2O2S2. The highest BCUT2D eigenvalue weighted by molar-refractivity contribution is 7.99. The number of hydrogen-bond donors (Lipinski definition) is 1. The van der Waals surface area contributed by atoms with Gasteiger partial charge < -0.3 is 9.67 Å². The summed E-state index contributed by atoms with van der Waals surface area (Å²) in [5.41, 5.74) is 1.22. The van der Waals surface area contributed by atoms with Gasteiger partial charge in [0.2, 0.25) is 0 Å². The zero-order valence-electron chi connectivity index (χ0n) is 11.3. The van der Waals surface area contributed by atoms with Crippen LogP contribution in [0.15, 0.2) is 11.4 Å². The smallest absolute Gasteiger partial charge is 0.313 e. The average molecular weight is 300 g/mol. The van der Waals surface area contributed by atoms with Crippen molar-refractivity contribution in [3.8, 4) is 0 Å². The first-order valence-corrected chi connectivity index (χ1v) is 8.73. The second kappa shape index (κ2) is 6.70. The number of carbonyl (C=O) groups is 1. The van der Waals surface area contributed by atoms with E-state index < -0.39 is 5.97 Å². The summed E-state index contributed by atoms with van der Waals surface area (Å²) in [7, 11) is 0. The molecule has 0 saturated carbocycles. The fourth-order valence-electron chi connectivity index (χ4n) is 2.31. The molecule has 0 aromatic carbocycles. The fraction of sp³-hybridized carbons (Fsp3) is 0.692. The number of carboxylic acid groups (broad SMARTS) is 1. The highest BCUT2D eigenvalue weighted by Crippen LogP contribution is 2.34. The second-order valence-electron chi connectivity index (χ2n) is 5.04. The molecule has 0 radical (unpaired) electrons. The minimum absolute atomic E-state index is 0.0778. The summed E-state index contributed by atoms with van der Waals surface area (Å²) in [5, 5.41) is 9.69. The van der Waals surface area contributed by atoms with Gasteiger partial charge in [-0.25, -0.2) is 4.98 Å². The van der Waals surface area contributed by atoms with Gasteiger partial charge in [-0.2, -0.15) is 11.8 Å². The lowest BCUT2D eigenvalue weighted by Gasteiger charge is -2.27. The molecule has 0 amide bonds. The Bertz CT molecular complexity index is 440. The number of carboxylic acids is 1. The molecule has 4 nitrogen and oxygen atoms in total. The molecule has 106 valence electrons. The van der Waals surface area contributed by atoms with Gasteiger partial charge in [0.25, 0.3) is 0 Å². The zero-order valence-corrected chi connectivity index (χ0v) is 13.0. The van der Waals surface area contributed by atoms with Crippen molar-refractivity contribution < 1.29 is 9.90 Å². The van der Waals surface area contributed by atoms with Gasteiger partial charge in [0, 0.05) is 23.7 Å². The van der Waals surface area contributed by atoms with Crippen molar-refractivity contribution in [2.75, 3.05) is 17.3 Å². The summed E-state index contributed by atoms with van der Waals surface area (Å²) in [4.78, 5) is 15.2. The van der Waals surface area contributed by atoms with Gasteiger partial charge in [-0.1, -0.05) is 25.6 Å². The third-order valence-corrected chi connectivity index (χ3v) is 5.36. The molecule has 1 aliphatic heterocycles. The standard InChI is InChI=1S/C13H20N2O2S2/c1-9(2)11-6-14-13(19-8-12(16)17)15(11)10-4-3-5-18-7-10/h6,9-10H,3-5,7-8H2,1-2H3,(H,16,17). The van der Waals surface area contributed by atoms with E-state index in [0.29, 0.717) is 12.0 Å². The van der Waals surface area contributed by atoms with Gasteiger partial charge in [0.1, 0.15) is 0 Å². The van der Waals surface area contributed by atoms with Gasteiger partial charge in [-0.15, -0.1) is 0 Å². The predicted molar refractivity (Wildman–Crippen MR) is 80.3 cm³/mol. The van der Waals surface area contributed by atoms with Crippen LogP contribution in [0, 0.1) is 0 Å². The second-order valence-corrected chi connectivity index (χ2v) is 7.14. The first-order valence-electron chi connectivity index (χ1n) is 6.59. The minimum atomic E-state index is -0.788. The van der Waals surface area contributed by atoms with Crippen LogP contribution in [0.3, 0.4) is 0 Å². The lowest BCUT2D eigenvalue weighted by molar-refractivity contribution is -0.133. The lowest BCUT2D eigenvalue weighted by Crippen LogP contribution is -2.20. The maximum Gasteiger partial charge on any atom is 0.313 e. The molecule has 0 aliphatic carbocycles. The summed E-state index contributed by atoms with van der Waals surface area (Å²) in [6.45, 7) is 4.32. The van der Waals surface area contributed by atoms with Gasteiger partial charge >= 0.3 is 5.97 Å². The van der Waals surface area contributed by atoms with E-state index in [1.54, 1.807) is 0 Å². The molecule has 2 rings (SSSR count). The van der Waals surface area contributed by atoms with Gasteiger partial charge in [-0.05, 0) is 24.5 Å². The van der Waals surface area contributed by atoms with Crippen molar-refractivity contribution in [2.45, 2.75) is 43.8 Å². The highest BCUT2D eigenvalue weighted by atomic mass is 32.2. The Labute approximate surface area is 122 Å². The summed E-state index contributed by atoms with van der Waals surface area (Å²) in [6.07, 6.45) is 4.31. The third-order valence-electron chi connectivity index (χ3n) is 3.21. The van der Waals surface area contributed by atoms with Crippen LogP contribution in [-0.2, 0) is 4.79 Å². The average Bonchev–Trinajstić information content (AvgIpc) is 2.81. The molecule has 1 aromatic heterocycles. The predicted octanol–water partition coefficient (Wildman–Crippen LogP) is 3.25. The van der Waals surface area contributed by atoms with Crippen molar-refractivity contribution >= 4 is 29.5 Å². The van der Waals surface area contributed by atoms with E-state index in [2.05, 4.69) is 23.4 Å². The number of nitrogens with zero attached hydrogens (tertiary/aromatic N) is 2. The van der Waals surface area contributed by atoms with Gasteiger partial charge in [0.15, 0.2) is 5.16 Å². The van der Waals surface area contributed by atoms with Gasteiger partial charge in [-0.3, -0.25) is 4.79 Å². The number of rotatable bonds is 5. The SMILES string of the molecule is CC(C)c1cnc(SCC(=O)O)n1C1CCCSC1. The quantitative estimate of drug-likeness (QED) is 0.846. The molecule has 19 heavy (non-hydrogen) atoms. The molecule has 1 atom stereocenters. The maximum atomic E-state index is 10.7. The fourth-order valence-corrected chi connectivity index (χ4v) is 4.21. The summed E-state index contributed by atoms with van der Waals surface area (Å²) in [5.74, 6) is 2.05. The van der Waals surface area contributed by atoms with Crippen LogP contribution >= 0.6 is 23.5 Å². The van der Waals surface area contributed by atoms with E-state index in [9.17, 15) is 4.79 Å². The molecule has 2 heterocycles. The Morgan fingerprint density at radius 2 is 2.47 bits per heavy atom. The summed E-state index contributed by atoms with van der Waals surface area (Å²) >= 11 is 3.31. The van der Waals surface area contributed by atoms with Crippen LogP contribution in [0.5, 0.6) is 0 Å². The molecule has 1 aromatic rings. The molecule has 1 aliphatic rings. The van der Waals surface area contributed by atoms with Crippen LogP contribution < -0.4 is 0 Å². The topological polar surface area (TPSA) is 55.1 Å². The van der Waals surface area contributed by atoms with E-state index in [1.807, 2.05) is 18.0 Å². The van der Waals surface area contributed by atoms with E-state index >= 15 is 0 Å². The Balaban J connectivity index is 2.24. The number of aliphatic carboxylic acids is 1. The van der Waals surface area contributed by atoms with Crippen molar-refractivity contribution in [1.29, 1.82) is 0 Å². The molecule has 1 unspecified atom stereocenters. The summed E-state index contributed by atoms with van der Waals surface area (Å²) < 4.78 is 2.28.